The minimum absolute atomic E-state index is 0.0805. The van der Waals surface area contributed by atoms with Gasteiger partial charge in [-0.25, -0.2) is 0 Å². The summed E-state index contributed by atoms with van der Waals surface area (Å²) in [5, 5.41) is 18.0. The second kappa shape index (κ2) is 6.19. The van der Waals surface area contributed by atoms with Gasteiger partial charge in [0.1, 0.15) is 11.3 Å². The van der Waals surface area contributed by atoms with E-state index in [2.05, 4.69) is 10.2 Å². The van der Waals surface area contributed by atoms with Crippen molar-refractivity contribution in [2.45, 2.75) is 0 Å². The van der Waals surface area contributed by atoms with Crippen molar-refractivity contribution in [2.75, 3.05) is 14.2 Å². The first-order valence-corrected chi connectivity index (χ1v) is 5.02. The summed E-state index contributed by atoms with van der Waals surface area (Å²) < 4.78 is 9.96. The fourth-order valence-electron chi connectivity index (χ4n) is 1.38. The molecule has 0 saturated heterocycles. The number of rotatable bonds is 5. The molecule has 1 aromatic rings. The summed E-state index contributed by atoms with van der Waals surface area (Å²) in [6, 6.07) is 2.94. The molecule has 0 aliphatic heterocycles. The Labute approximate surface area is 108 Å². The van der Waals surface area contributed by atoms with Crippen LogP contribution in [0.4, 0.5) is 5.69 Å². The van der Waals surface area contributed by atoms with Crippen molar-refractivity contribution < 1.29 is 14.4 Å². The molecule has 0 unspecified atom stereocenters. The number of nitrogens with two attached hydrogens (primary N) is 2. The molecule has 102 valence electrons. The maximum Gasteiger partial charge on any atom is 0.323 e. The molecule has 0 spiro atoms. The minimum atomic E-state index is -0.599. The fraction of sp³-hybridized carbons (Fsp3) is 0.200. The Morgan fingerprint density at radius 3 is 2.37 bits per heavy atom. The first-order valence-electron chi connectivity index (χ1n) is 5.02. The first-order chi connectivity index (χ1) is 9.01. The molecule has 0 radical (unpaired) electrons. The molecule has 0 bridgehead atoms. The maximum atomic E-state index is 11.1. The van der Waals surface area contributed by atoms with Gasteiger partial charge in [0.2, 0.25) is 5.96 Å². The second-order valence-electron chi connectivity index (χ2n) is 3.26. The van der Waals surface area contributed by atoms with Gasteiger partial charge in [0, 0.05) is 0 Å². The Hall–Kier alpha value is -2.84. The highest BCUT2D eigenvalue weighted by Gasteiger charge is 2.23. The predicted octanol–water partition coefficient (Wildman–Crippen LogP) is 0.219. The average Bonchev–Trinajstić information content (AvgIpc) is 2.37. The summed E-state index contributed by atoms with van der Waals surface area (Å²) in [6.45, 7) is 0. The van der Waals surface area contributed by atoms with E-state index in [9.17, 15) is 10.1 Å². The fourth-order valence-corrected chi connectivity index (χ4v) is 1.38. The number of methoxy groups -OCH3 is 2. The average molecular weight is 267 g/mol. The summed E-state index contributed by atoms with van der Waals surface area (Å²) in [5.41, 5.74) is 10.0. The monoisotopic (exact) mass is 267 g/mol. The summed E-state index contributed by atoms with van der Waals surface area (Å²) in [5.74, 6) is 0.0692. The highest BCUT2D eigenvalue weighted by atomic mass is 16.6. The van der Waals surface area contributed by atoms with Gasteiger partial charge in [0.25, 0.3) is 0 Å². The molecule has 0 amide bonds. The molecule has 19 heavy (non-hydrogen) atoms. The zero-order valence-electron chi connectivity index (χ0n) is 10.4. The number of hydrogen-bond acceptors (Lipinski definition) is 6. The standard InChI is InChI=1S/C10H13N5O4/c1-18-7-3-4-8(19-2)9(15(16)17)6(7)5-13-14-10(11)12/h3-5H,1-2H3,(H4,11,12,14)/b13-5+. The molecule has 1 rings (SSSR count). The van der Waals surface area contributed by atoms with Crippen LogP contribution in [0.1, 0.15) is 5.56 Å². The van der Waals surface area contributed by atoms with Crippen molar-refractivity contribution in [3.05, 3.63) is 27.8 Å². The Morgan fingerprint density at radius 1 is 1.32 bits per heavy atom. The molecule has 1 aromatic carbocycles. The summed E-state index contributed by atoms with van der Waals surface area (Å²) in [6.07, 6.45) is 1.12. The van der Waals surface area contributed by atoms with E-state index in [0.29, 0.717) is 0 Å². The van der Waals surface area contributed by atoms with Crippen molar-refractivity contribution in [1.29, 1.82) is 0 Å². The third kappa shape index (κ3) is 3.31. The van der Waals surface area contributed by atoms with E-state index < -0.39 is 4.92 Å². The highest BCUT2D eigenvalue weighted by Crippen LogP contribution is 2.35. The van der Waals surface area contributed by atoms with Crippen molar-refractivity contribution >= 4 is 17.9 Å². The van der Waals surface area contributed by atoms with Crippen molar-refractivity contribution in [3.8, 4) is 11.5 Å². The van der Waals surface area contributed by atoms with Gasteiger partial charge in [-0.1, -0.05) is 0 Å². The molecule has 0 aliphatic rings. The normalized spacial score (nSPS) is 10.2. The third-order valence-electron chi connectivity index (χ3n) is 2.12. The Kier molecular flexibility index (Phi) is 4.63. The topological polar surface area (TPSA) is 138 Å². The van der Waals surface area contributed by atoms with E-state index in [-0.39, 0.29) is 28.7 Å². The number of nitrogens with zero attached hydrogens (tertiary/aromatic N) is 3. The van der Waals surface area contributed by atoms with Gasteiger partial charge in [-0.05, 0) is 12.1 Å². The highest BCUT2D eigenvalue weighted by molar-refractivity contribution is 5.91. The maximum absolute atomic E-state index is 11.1. The molecule has 0 atom stereocenters. The number of nitro groups is 1. The molecule has 0 saturated carbocycles. The zero-order valence-corrected chi connectivity index (χ0v) is 10.4. The molecule has 4 N–H and O–H groups in total. The molecule has 0 fully saturated rings. The van der Waals surface area contributed by atoms with E-state index in [0.717, 1.165) is 6.21 Å². The van der Waals surface area contributed by atoms with Crippen LogP contribution in [0.5, 0.6) is 11.5 Å². The minimum Gasteiger partial charge on any atom is -0.496 e. The molecule has 9 nitrogen and oxygen atoms in total. The SMILES string of the molecule is COc1ccc(OC)c([N+](=O)[O-])c1/C=N/N=C(N)N. The number of ether oxygens (including phenoxy) is 2. The Bertz CT molecular complexity index is 537. The van der Waals surface area contributed by atoms with Gasteiger partial charge in [0.15, 0.2) is 5.75 Å². The van der Waals surface area contributed by atoms with Crippen LogP contribution in [0.3, 0.4) is 0 Å². The van der Waals surface area contributed by atoms with Crippen LogP contribution in [-0.2, 0) is 0 Å². The van der Waals surface area contributed by atoms with Crippen LogP contribution in [0.25, 0.3) is 0 Å². The number of nitro benzene ring substituents is 1. The van der Waals surface area contributed by atoms with Crippen LogP contribution >= 0.6 is 0 Å². The smallest absolute Gasteiger partial charge is 0.323 e. The van der Waals surface area contributed by atoms with Gasteiger partial charge in [-0.2, -0.15) is 5.10 Å². The molecular formula is C10H13N5O4. The van der Waals surface area contributed by atoms with E-state index in [1.165, 1.54) is 26.4 Å². The quantitative estimate of drug-likeness (QED) is 0.338. The lowest BCUT2D eigenvalue weighted by atomic mass is 10.1. The third-order valence-corrected chi connectivity index (χ3v) is 2.12. The van der Waals surface area contributed by atoms with Crippen LogP contribution < -0.4 is 20.9 Å². The van der Waals surface area contributed by atoms with Gasteiger partial charge >= 0.3 is 5.69 Å². The molecular weight excluding hydrogens is 254 g/mol. The van der Waals surface area contributed by atoms with E-state index in [4.69, 9.17) is 20.9 Å². The largest absolute Gasteiger partial charge is 0.496 e. The van der Waals surface area contributed by atoms with Crippen molar-refractivity contribution in [2.24, 2.45) is 21.7 Å². The summed E-state index contributed by atoms with van der Waals surface area (Å²) >= 11 is 0. The second-order valence-corrected chi connectivity index (χ2v) is 3.26. The molecule has 0 heterocycles. The molecule has 0 aliphatic carbocycles. The van der Waals surface area contributed by atoms with E-state index >= 15 is 0 Å². The number of benzene rings is 1. The summed E-state index contributed by atoms with van der Waals surface area (Å²) in [4.78, 5) is 10.5. The van der Waals surface area contributed by atoms with Crippen LogP contribution in [0.15, 0.2) is 22.3 Å². The van der Waals surface area contributed by atoms with Crippen molar-refractivity contribution in [3.63, 3.8) is 0 Å². The van der Waals surface area contributed by atoms with Gasteiger partial charge in [-0.3, -0.25) is 10.1 Å². The number of guanidine groups is 1. The van der Waals surface area contributed by atoms with E-state index in [1.807, 2.05) is 0 Å². The van der Waals surface area contributed by atoms with Gasteiger partial charge in [-0.15, -0.1) is 5.10 Å². The first kappa shape index (κ1) is 14.2. The van der Waals surface area contributed by atoms with Crippen LogP contribution in [0, 0.1) is 10.1 Å². The zero-order chi connectivity index (χ0) is 14.4. The van der Waals surface area contributed by atoms with Crippen LogP contribution in [-0.4, -0.2) is 31.3 Å². The van der Waals surface area contributed by atoms with E-state index in [1.54, 1.807) is 0 Å². The molecule has 0 aromatic heterocycles. The predicted molar refractivity (Wildman–Crippen MR) is 69.6 cm³/mol. The number of hydrogen-bond donors (Lipinski definition) is 2. The van der Waals surface area contributed by atoms with Gasteiger partial charge in [0.05, 0.1) is 25.4 Å². The van der Waals surface area contributed by atoms with Crippen molar-refractivity contribution in [1.82, 2.24) is 0 Å². The lowest BCUT2D eigenvalue weighted by molar-refractivity contribution is -0.385. The lowest BCUT2D eigenvalue weighted by Gasteiger charge is -2.08. The lowest BCUT2D eigenvalue weighted by Crippen LogP contribution is -2.21. The summed E-state index contributed by atoms with van der Waals surface area (Å²) in [7, 11) is 2.70. The van der Waals surface area contributed by atoms with Crippen LogP contribution in [0.2, 0.25) is 0 Å². The molecule has 9 heteroatoms. The van der Waals surface area contributed by atoms with Gasteiger partial charge < -0.3 is 20.9 Å². The Balaban J connectivity index is 3.43. The Morgan fingerprint density at radius 2 is 1.89 bits per heavy atom.